The fourth-order valence-electron chi connectivity index (χ4n) is 2.15. The largest absolute Gasteiger partial charge is 0.347 e. The van der Waals surface area contributed by atoms with E-state index in [1.807, 2.05) is 41.2 Å². The second-order valence-electron chi connectivity index (χ2n) is 4.76. The summed E-state index contributed by atoms with van der Waals surface area (Å²) in [5, 5.41) is 7.15. The van der Waals surface area contributed by atoms with Gasteiger partial charge in [0, 0.05) is 18.9 Å². The van der Waals surface area contributed by atoms with Crippen LogP contribution < -0.4 is 5.32 Å². The molecular formula is C16H14ClN3OS. The Hall–Kier alpha value is -2.11. The number of amides is 1. The summed E-state index contributed by atoms with van der Waals surface area (Å²) in [6.07, 6.45) is 3.67. The predicted molar refractivity (Wildman–Crippen MR) is 88.3 cm³/mol. The van der Waals surface area contributed by atoms with Gasteiger partial charge in [-0.3, -0.25) is 9.48 Å². The molecule has 0 saturated carbocycles. The van der Waals surface area contributed by atoms with Crippen LogP contribution in [0.4, 0.5) is 0 Å². The molecule has 4 nitrogen and oxygen atoms in total. The number of hydrogen-bond donors (Lipinski definition) is 1. The van der Waals surface area contributed by atoms with Gasteiger partial charge in [0.15, 0.2) is 0 Å². The molecule has 2 aromatic heterocycles. The molecule has 0 unspecified atom stereocenters. The van der Waals surface area contributed by atoms with Crippen LogP contribution in [0.15, 0.2) is 54.9 Å². The summed E-state index contributed by atoms with van der Waals surface area (Å²) in [5.41, 5.74) is 2.21. The van der Waals surface area contributed by atoms with E-state index in [0.717, 1.165) is 11.1 Å². The number of benzene rings is 1. The predicted octanol–water partition coefficient (Wildman–Crippen LogP) is 3.58. The van der Waals surface area contributed by atoms with E-state index in [1.165, 1.54) is 11.3 Å². The number of aromatic nitrogens is 2. The van der Waals surface area contributed by atoms with E-state index in [1.54, 1.807) is 18.3 Å². The van der Waals surface area contributed by atoms with Gasteiger partial charge in [-0.1, -0.05) is 35.9 Å². The molecule has 112 valence electrons. The monoisotopic (exact) mass is 331 g/mol. The second kappa shape index (κ2) is 6.77. The number of carbonyl (C=O) groups is 1. The highest BCUT2D eigenvalue weighted by Crippen LogP contribution is 2.21. The molecule has 0 aliphatic rings. The van der Waals surface area contributed by atoms with E-state index in [4.69, 9.17) is 11.6 Å². The van der Waals surface area contributed by atoms with E-state index in [-0.39, 0.29) is 5.91 Å². The van der Waals surface area contributed by atoms with E-state index in [9.17, 15) is 4.79 Å². The fraction of sp³-hybridized carbons (Fsp3) is 0.125. The molecule has 0 bridgehead atoms. The highest BCUT2D eigenvalue weighted by Gasteiger charge is 2.09. The van der Waals surface area contributed by atoms with Crippen molar-refractivity contribution in [1.29, 1.82) is 0 Å². The summed E-state index contributed by atoms with van der Waals surface area (Å²) >= 11 is 7.13. The van der Waals surface area contributed by atoms with Gasteiger partial charge in [0.1, 0.15) is 0 Å². The van der Waals surface area contributed by atoms with Gasteiger partial charge in [-0.05, 0) is 29.3 Å². The standard InChI is InChI=1S/C16H14ClN3OS/c17-15-7-6-14(22-15)16(21)18-10-12-4-1-2-5-13(12)11-20-9-3-8-19-20/h1-9H,10-11H2,(H,18,21). The van der Waals surface area contributed by atoms with Gasteiger partial charge in [-0.25, -0.2) is 0 Å². The first-order valence-corrected chi connectivity index (χ1v) is 7.99. The third-order valence-electron chi connectivity index (χ3n) is 3.25. The van der Waals surface area contributed by atoms with Crippen molar-refractivity contribution in [2.75, 3.05) is 0 Å². The Bertz CT molecular complexity index is 767. The molecule has 22 heavy (non-hydrogen) atoms. The second-order valence-corrected chi connectivity index (χ2v) is 6.47. The van der Waals surface area contributed by atoms with E-state index < -0.39 is 0 Å². The Labute approximate surface area is 137 Å². The maximum Gasteiger partial charge on any atom is 0.261 e. The molecule has 0 atom stereocenters. The third-order valence-corrected chi connectivity index (χ3v) is 4.48. The summed E-state index contributed by atoms with van der Waals surface area (Å²) in [4.78, 5) is 12.7. The zero-order valence-electron chi connectivity index (χ0n) is 11.7. The maximum atomic E-state index is 12.1. The smallest absolute Gasteiger partial charge is 0.261 e. The number of nitrogens with one attached hydrogen (secondary N) is 1. The van der Waals surface area contributed by atoms with Crippen molar-refractivity contribution in [3.8, 4) is 0 Å². The Balaban J connectivity index is 1.68. The molecule has 0 radical (unpaired) electrons. The number of hydrogen-bond acceptors (Lipinski definition) is 3. The normalized spacial score (nSPS) is 10.6. The number of carbonyl (C=O) groups excluding carboxylic acids is 1. The Kier molecular flexibility index (Phi) is 4.56. The van der Waals surface area contributed by atoms with E-state index >= 15 is 0 Å². The van der Waals surface area contributed by atoms with Gasteiger partial charge >= 0.3 is 0 Å². The Morgan fingerprint density at radius 2 is 2.00 bits per heavy atom. The average molecular weight is 332 g/mol. The molecule has 6 heteroatoms. The van der Waals surface area contributed by atoms with Gasteiger partial charge < -0.3 is 5.32 Å². The van der Waals surface area contributed by atoms with Crippen molar-refractivity contribution >= 4 is 28.8 Å². The Morgan fingerprint density at radius 1 is 1.18 bits per heavy atom. The van der Waals surface area contributed by atoms with Crippen LogP contribution in [0.25, 0.3) is 0 Å². The van der Waals surface area contributed by atoms with Gasteiger partial charge in [0.2, 0.25) is 0 Å². The SMILES string of the molecule is O=C(NCc1ccccc1Cn1cccn1)c1ccc(Cl)s1. The van der Waals surface area contributed by atoms with Crippen molar-refractivity contribution in [2.24, 2.45) is 0 Å². The molecule has 3 aromatic rings. The lowest BCUT2D eigenvalue weighted by atomic mass is 10.1. The van der Waals surface area contributed by atoms with Crippen LogP contribution in [-0.4, -0.2) is 15.7 Å². The topological polar surface area (TPSA) is 46.9 Å². The van der Waals surface area contributed by atoms with Crippen LogP contribution in [-0.2, 0) is 13.1 Å². The molecule has 0 aliphatic heterocycles. The fourth-order valence-corrected chi connectivity index (χ4v) is 3.11. The number of nitrogens with zero attached hydrogens (tertiary/aromatic N) is 2. The lowest BCUT2D eigenvalue weighted by Crippen LogP contribution is -2.22. The number of halogens is 1. The van der Waals surface area contributed by atoms with Crippen molar-refractivity contribution in [3.05, 3.63) is 75.2 Å². The highest BCUT2D eigenvalue weighted by atomic mass is 35.5. The molecule has 1 amide bonds. The third kappa shape index (κ3) is 3.55. The molecular weight excluding hydrogens is 318 g/mol. The molecule has 1 N–H and O–H groups in total. The zero-order valence-corrected chi connectivity index (χ0v) is 13.3. The lowest BCUT2D eigenvalue weighted by Gasteiger charge is -2.10. The molecule has 0 saturated heterocycles. The Morgan fingerprint density at radius 3 is 2.68 bits per heavy atom. The summed E-state index contributed by atoms with van der Waals surface area (Å²) in [6, 6.07) is 13.4. The van der Waals surface area contributed by atoms with Crippen molar-refractivity contribution in [3.63, 3.8) is 0 Å². The molecule has 3 rings (SSSR count). The summed E-state index contributed by atoms with van der Waals surface area (Å²) in [7, 11) is 0. The van der Waals surface area contributed by atoms with Gasteiger partial charge in [-0.2, -0.15) is 5.10 Å². The quantitative estimate of drug-likeness (QED) is 0.776. The van der Waals surface area contributed by atoms with Crippen molar-refractivity contribution < 1.29 is 4.79 Å². The van der Waals surface area contributed by atoms with Crippen LogP contribution in [0.3, 0.4) is 0 Å². The van der Waals surface area contributed by atoms with Crippen molar-refractivity contribution in [2.45, 2.75) is 13.1 Å². The van der Waals surface area contributed by atoms with E-state index in [2.05, 4.69) is 10.4 Å². The minimum absolute atomic E-state index is 0.106. The minimum Gasteiger partial charge on any atom is -0.347 e. The lowest BCUT2D eigenvalue weighted by molar-refractivity contribution is 0.0955. The first-order chi connectivity index (χ1) is 10.7. The molecule has 0 aliphatic carbocycles. The van der Waals surface area contributed by atoms with Crippen LogP contribution in [0.1, 0.15) is 20.8 Å². The highest BCUT2D eigenvalue weighted by molar-refractivity contribution is 7.17. The summed E-state index contributed by atoms with van der Waals surface area (Å²) < 4.78 is 2.48. The first-order valence-electron chi connectivity index (χ1n) is 6.80. The van der Waals surface area contributed by atoms with Crippen molar-refractivity contribution in [1.82, 2.24) is 15.1 Å². The number of thiophene rings is 1. The molecule has 1 aromatic carbocycles. The van der Waals surface area contributed by atoms with Gasteiger partial charge in [0.25, 0.3) is 5.91 Å². The van der Waals surface area contributed by atoms with Crippen LogP contribution in [0, 0.1) is 0 Å². The zero-order chi connectivity index (χ0) is 15.4. The average Bonchev–Trinajstić information content (AvgIpc) is 3.18. The molecule has 2 heterocycles. The van der Waals surface area contributed by atoms with Crippen LogP contribution >= 0.6 is 22.9 Å². The first kappa shape index (κ1) is 14.8. The minimum atomic E-state index is -0.106. The number of rotatable bonds is 5. The van der Waals surface area contributed by atoms with Crippen LogP contribution in [0.2, 0.25) is 4.34 Å². The summed E-state index contributed by atoms with van der Waals surface area (Å²) in [6.45, 7) is 1.16. The van der Waals surface area contributed by atoms with E-state index in [0.29, 0.717) is 22.3 Å². The summed E-state index contributed by atoms with van der Waals surface area (Å²) in [5.74, 6) is -0.106. The van der Waals surface area contributed by atoms with Crippen LogP contribution in [0.5, 0.6) is 0 Å². The van der Waals surface area contributed by atoms with Gasteiger partial charge in [0.05, 0.1) is 15.8 Å². The molecule has 0 fully saturated rings. The van der Waals surface area contributed by atoms with Gasteiger partial charge in [-0.15, -0.1) is 11.3 Å². The maximum absolute atomic E-state index is 12.1. The molecule has 0 spiro atoms.